The second-order valence-corrected chi connectivity index (χ2v) is 5.12. The molecule has 2 heterocycles. The van der Waals surface area contributed by atoms with Crippen molar-refractivity contribution in [3.05, 3.63) is 0 Å². The lowest BCUT2D eigenvalue weighted by molar-refractivity contribution is 0.225. The molecular formula is C12H24N6O2. The standard InChI is InChI=1S/C12H24N6O2/c19-11(15-17-7-8-17)13-5-3-1-2-4-6-14-12(20)16-18-9-10-18/h1-10H2,(H2,13,15,19)(H2,14,16,20). The molecule has 0 aromatic heterocycles. The van der Waals surface area contributed by atoms with Crippen molar-refractivity contribution in [1.82, 2.24) is 31.5 Å². The summed E-state index contributed by atoms with van der Waals surface area (Å²) in [6, 6.07) is -0.230. The van der Waals surface area contributed by atoms with Crippen LogP contribution in [-0.4, -0.2) is 61.3 Å². The van der Waals surface area contributed by atoms with Gasteiger partial charge in [0.25, 0.3) is 0 Å². The minimum Gasteiger partial charge on any atom is -0.337 e. The first-order valence-corrected chi connectivity index (χ1v) is 7.33. The molecule has 2 aliphatic rings. The maximum atomic E-state index is 11.3. The van der Waals surface area contributed by atoms with E-state index in [1.807, 2.05) is 10.0 Å². The summed E-state index contributed by atoms with van der Waals surface area (Å²) in [7, 11) is 0. The fraction of sp³-hybridized carbons (Fsp3) is 0.833. The van der Waals surface area contributed by atoms with Gasteiger partial charge in [0.05, 0.1) is 0 Å². The van der Waals surface area contributed by atoms with E-state index in [-0.39, 0.29) is 12.1 Å². The van der Waals surface area contributed by atoms with Gasteiger partial charge in [0.2, 0.25) is 0 Å². The van der Waals surface area contributed by atoms with E-state index in [4.69, 9.17) is 0 Å². The van der Waals surface area contributed by atoms with Gasteiger partial charge in [-0.15, -0.1) is 0 Å². The number of amides is 4. The second kappa shape index (κ2) is 7.91. The van der Waals surface area contributed by atoms with Gasteiger partial charge < -0.3 is 10.6 Å². The molecule has 0 aromatic carbocycles. The predicted octanol–water partition coefficient (Wildman–Crippen LogP) is -0.394. The molecule has 0 radical (unpaired) electrons. The van der Waals surface area contributed by atoms with Gasteiger partial charge >= 0.3 is 12.1 Å². The smallest absolute Gasteiger partial charge is 0.329 e. The average molecular weight is 284 g/mol. The number of nitrogens with one attached hydrogen (secondary N) is 4. The van der Waals surface area contributed by atoms with Gasteiger partial charge in [0, 0.05) is 39.3 Å². The van der Waals surface area contributed by atoms with Gasteiger partial charge in [0.1, 0.15) is 0 Å². The van der Waals surface area contributed by atoms with Gasteiger partial charge in [-0.1, -0.05) is 12.8 Å². The van der Waals surface area contributed by atoms with Crippen LogP contribution in [0.1, 0.15) is 25.7 Å². The van der Waals surface area contributed by atoms with Crippen LogP contribution in [0.2, 0.25) is 0 Å². The first kappa shape index (κ1) is 14.9. The monoisotopic (exact) mass is 284 g/mol. The zero-order chi connectivity index (χ0) is 14.2. The number of hydrogen-bond acceptors (Lipinski definition) is 4. The van der Waals surface area contributed by atoms with E-state index in [0.29, 0.717) is 13.1 Å². The van der Waals surface area contributed by atoms with Crippen molar-refractivity contribution in [2.24, 2.45) is 0 Å². The van der Waals surface area contributed by atoms with Crippen LogP contribution in [0.5, 0.6) is 0 Å². The van der Waals surface area contributed by atoms with Crippen molar-refractivity contribution in [1.29, 1.82) is 0 Å². The lowest BCUT2D eigenvalue weighted by Gasteiger charge is -2.08. The minimum absolute atomic E-state index is 0.115. The van der Waals surface area contributed by atoms with Gasteiger partial charge in [0.15, 0.2) is 0 Å². The zero-order valence-electron chi connectivity index (χ0n) is 11.8. The molecule has 2 saturated heterocycles. The minimum atomic E-state index is -0.115. The van der Waals surface area contributed by atoms with E-state index < -0.39 is 0 Å². The van der Waals surface area contributed by atoms with Gasteiger partial charge in [-0.3, -0.25) is 10.9 Å². The largest absolute Gasteiger partial charge is 0.337 e. The third-order valence-corrected chi connectivity index (χ3v) is 3.09. The van der Waals surface area contributed by atoms with Crippen molar-refractivity contribution >= 4 is 12.1 Å². The summed E-state index contributed by atoms with van der Waals surface area (Å²) in [6.45, 7) is 5.19. The summed E-state index contributed by atoms with van der Waals surface area (Å²) in [5.74, 6) is 0. The molecule has 0 atom stereocenters. The quantitative estimate of drug-likeness (QED) is 0.343. The number of unbranched alkanes of at least 4 members (excludes halogenated alkanes) is 3. The maximum Gasteiger partial charge on any atom is 0.329 e. The van der Waals surface area contributed by atoms with Crippen LogP contribution in [0.3, 0.4) is 0 Å². The average Bonchev–Trinajstić information content (AvgIpc) is 3.29. The SMILES string of the molecule is O=C(NCCCCCCNC(=O)NN1CC1)NN1CC1. The summed E-state index contributed by atoms with van der Waals surface area (Å²) in [6.07, 6.45) is 4.04. The van der Waals surface area contributed by atoms with E-state index in [1.54, 1.807) is 0 Å². The zero-order valence-corrected chi connectivity index (χ0v) is 11.8. The third kappa shape index (κ3) is 7.15. The highest BCUT2D eigenvalue weighted by atomic mass is 16.2. The summed E-state index contributed by atoms with van der Waals surface area (Å²) < 4.78 is 0. The lowest BCUT2D eigenvalue weighted by atomic mass is 10.2. The Morgan fingerprint density at radius 1 is 0.700 bits per heavy atom. The molecule has 0 spiro atoms. The molecule has 114 valence electrons. The molecule has 0 aliphatic carbocycles. The normalized spacial score (nSPS) is 17.4. The lowest BCUT2D eigenvalue weighted by Crippen LogP contribution is -2.39. The van der Waals surface area contributed by atoms with E-state index in [9.17, 15) is 9.59 Å². The molecule has 4 amide bonds. The number of nitrogens with zero attached hydrogens (tertiary/aromatic N) is 2. The highest BCUT2D eigenvalue weighted by Crippen LogP contribution is 1.99. The molecule has 4 N–H and O–H groups in total. The van der Waals surface area contributed by atoms with Crippen LogP contribution in [0.25, 0.3) is 0 Å². The first-order valence-electron chi connectivity index (χ1n) is 7.33. The Labute approximate surface area is 119 Å². The molecule has 0 saturated carbocycles. The summed E-state index contributed by atoms with van der Waals surface area (Å²) >= 11 is 0. The number of hydrazine groups is 2. The van der Waals surface area contributed by atoms with Crippen LogP contribution < -0.4 is 21.5 Å². The number of carbonyl (C=O) groups excluding carboxylic acids is 2. The van der Waals surface area contributed by atoms with E-state index in [2.05, 4.69) is 21.5 Å². The number of rotatable bonds is 9. The molecule has 20 heavy (non-hydrogen) atoms. The Morgan fingerprint density at radius 3 is 1.45 bits per heavy atom. The van der Waals surface area contributed by atoms with Crippen LogP contribution in [0.4, 0.5) is 9.59 Å². The number of urea groups is 2. The Kier molecular flexibility index (Phi) is 5.87. The molecule has 0 aromatic rings. The Morgan fingerprint density at radius 2 is 1.10 bits per heavy atom. The third-order valence-electron chi connectivity index (χ3n) is 3.09. The van der Waals surface area contributed by atoms with E-state index in [1.165, 1.54) is 0 Å². The van der Waals surface area contributed by atoms with Crippen LogP contribution in [0.15, 0.2) is 0 Å². The summed E-state index contributed by atoms with van der Waals surface area (Å²) in [4.78, 5) is 22.5. The summed E-state index contributed by atoms with van der Waals surface area (Å²) in [5, 5.41) is 9.33. The highest BCUT2D eigenvalue weighted by Gasteiger charge is 2.19. The van der Waals surface area contributed by atoms with Crippen molar-refractivity contribution in [3.63, 3.8) is 0 Å². The summed E-state index contributed by atoms with van der Waals surface area (Å²) in [5.41, 5.74) is 5.45. The fourth-order valence-corrected chi connectivity index (χ4v) is 1.70. The second-order valence-electron chi connectivity index (χ2n) is 5.12. The van der Waals surface area contributed by atoms with Crippen molar-refractivity contribution < 1.29 is 9.59 Å². The van der Waals surface area contributed by atoms with Crippen LogP contribution in [-0.2, 0) is 0 Å². The molecule has 8 nitrogen and oxygen atoms in total. The van der Waals surface area contributed by atoms with Gasteiger partial charge in [-0.05, 0) is 12.8 Å². The van der Waals surface area contributed by atoms with Crippen molar-refractivity contribution in [2.75, 3.05) is 39.3 Å². The molecular weight excluding hydrogens is 260 g/mol. The van der Waals surface area contributed by atoms with E-state index in [0.717, 1.165) is 51.9 Å². The predicted molar refractivity (Wildman–Crippen MR) is 74.7 cm³/mol. The first-order chi connectivity index (χ1) is 9.74. The molecule has 0 bridgehead atoms. The molecule has 8 heteroatoms. The molecule has 2 rings (SSSR count). The molecule has 2 aliphatic heterocycles. The Hall–Kier alpha value is -1.54. The van der Waals surface area contributed by atoms with Gasteiger partial charge in [-0.25, -0.2) is 19.6 Å². The Bertz CT molecular complexity index is 298. The number of hydrogen-bond donors (Lipinski definition) is 4. The van der Waals surface area contributed by atoms with Crippen LogP contribution >= 0.6 is 0 Å². The molecule has 2 fully saturated rings. The van der Waals surface area contributed by atoms with Crippen molar-refractivity contribution in [2.45, 2.75) is 25.7 Å². The van der Waals surface area contributed by atoms with Gasteiger partial charge in [-0.2, -0.15) is 0 Å². The number of carbonyl (C=O) groups is 2. The fourth-order valence-electron chi connectivity index (χ4n) is 1.70. The Balaban J connectivity index is 1.30. The van der Waals surface area contributed by atoms with Crippen molar-refractivity contribution in [3.8, 4) is 0 Å². The molecule has 0 unspecified atom stereocenters. The van der Waals surface area contributed by atoms with E-state index >= 15 is 0 Å². The maximum absolute atomic E-state index is 11.3. The topological polar surface area (TPSA) is 88.3 Å². The highest BCUT2D eigenvalue weighted by molar-refractivity contribution is 5.73. The van der Waals surface area contributed by atoms with Crippen LogP contribution in [0, 0.1) is 0 Å².